The van der Waals surface area contributed by atoms with Gasteiger partial charge in [-0.3, -0.25) is 0 Å². The van der Waals surface area contributed by atoms with Crippen LogP contribution >= 0.6 is 0 Å². The molecule has 0 aromatic carbocycles. The highest BCUT2D eigenvalue weighted by Crippen LogP contribution is 2.13. The first-order valence-corrected chi connectivity index (χ1v) is 5.43. The maximum Gasteiger partial charge on any atom is 0.0148 e. The topological polar surface area (TPSA) is 12.0 Å². The average molecular weight is 171 g/mol. The molecule has 0 saturated heterocycles. The summed E-state index contributed by atoms with van der Waals surface area (Å²) in [6.07, 6.45) is 6.46. The van der Waals surface area contributed by atoms with E-state index in [4.69, 9.17) is 0 Å². The highest BCUT2D eigenvalue weighted by atomic mass is 15.0. The Morgan fingerprint density at radius 2 is 1.58 bits per heavy atom. The standard InChI is InChI=1S/C11H25N/c1-5-8-9-10-12-11(4,6-2)7-3/h12H,5-10H2,1-4H3. The summed E-state index contributed by atoms with van der Waals surface area (Å²) in [5.41, 5.74) is 0.383. The highest BCUT2D eigenvalue weighted by molar-refractivity contribution is 4.79. The Hall–Kier alpha value is -0.0400. The van der Waals surface area contributed by atoms with Gasteiger partial charge in [0.1, 0.15) is 0 Å². The van der Waals surface area contributed by atoms with Gasteiger partial charge in [-0.15, -0.1) is 0 Å². The van der Waals surface area contributed by atoms with Crippen molar-refractivity contribution in [2.24, 2.45) is 0 Å². The zero-order valence-corrected chi connectivity index (χ0v) is 9.24. The predicted octanol–water partition coefficient (Wildman–Crippen LogP) is 3.34. The first-order valence-electron chi connectivity index (χ1n) is 5.43. The third-order valence-corrected chi connectivity index (χ3v) is 2.89. The predicted molar refractivity (Wildman–Crippen MR) is 56.5 cm³/mol. The molecule has 0 saturated carbocycles. The van der Waals surface area contributed by atoms with Crippen LogP contribution in [-0.4, -0.2) is 12.1 Å². The van der Waals surface area contributed by atoms with Gasteiger partial charge in [0, 0.05) is 5.54 Å². The molecule has 0 fully saturated rings. The van der Waals surface area contributed by atoms with Gasteiger partial charge in [0.25, 0.3) is 0 Å². The van der Waals surface area contributed by atoms with E-state index in [1.54, 1.807) is 0 Å². The monoisotopic (exact) mass is 171 g/mol. The highest BCUT2D eigenvalue weighted by Gasteiger charge is 2.17. The van der Waals surface area contributed by atoms with Crippen LogP contribution in [0.2, 0.25) is 0 Å². The van der Waals surface area contributed by atoms with Crippen molar-refractivity contribution in [1.82, 2.24) is 5.32 Å². The zero-order chi connectivity index (χ0) is 9.45. The molecule has 1 nitrogen and oxygen atoms in total. The van der Waals surface area contributed by atoms with Gasteiger partial charge in [-0.25, -0.2) is 0 Å². The second-order valence-electron chi connectivity index (χ2n) is 3.90. The van der Waals surface area contributed by atoms with Crippen molar-refractivity contribution < 1.29 is 0 Å². The number of hydrogen-bond donors (Lipinski definition) is 1. The van der Waals surface area contributed by atoms with Gasteiger partial charge in [-0.1, -0.05) is 33.6 Å². The van der Waals surface area contributed by atoms with Crippen molar-refractivity contribution in [3.05, 3.63) is 0 Å². The third kappa shape index (κ3) is 4.76. The van der Waals surface area contributed by atoms with Gasteiger partial charge < -0.3 is 5.32 Å². The Morgan fingerprint density at radius 3 is 2.00 bits per heavy atom. The van der Waals surface area contributed by atoms with Crippen molar-refractivity contribution in [3.63, 3.8) is 0 Å². The molecular weight excluding hydrogens is 146 g/mol. The first-order chi connectivity index (χ1) is 5.68. The minimum Gasteiger partial charge on any atom is -0.312 e. The summed E-state index contributed by atoms with van der Waals surface area (Å²) in [7, 11) is 0. The molecule has 0 aliphatic carbocycles. The Morgan fingerprint density at radius 1 is 1.00 bits per heavy atom. The second-order valence-corrected chi connectivity index (χ2v) is 3.90. The largest absolute Gasteiger partial charge is 0.312 e. The molecule has 0 heterocycles. The SMILES string of the molecule is CCCCCNC(C)(CC)CC. The normalized spacial score (nSPS) is 12.0. The Labute approximate surface area is 77.9 Å². The number of nitrogens with one attached hydrogen (secondary N) is 1. The lowest BCUT2D eigenvalue weighted by molar-refractivity contribution is 0.329. The number of hydrogen-bond acceptors (Lipinski definition) is 1. The van der Waals surface area contributed by atoms with Gasteiger partial charge in [0.05, 0.1) is 0 Å². The van der Waals surface area contributed by atoms with Gasteiger partial charge >= 0.3 is 0 Å². The van der Waals surface area contributed by atoms with E-state index in [9.17, 15) is 0 Å². The van der Waals surface area contributed by atoms with Crippen molar-refractivity contribution in [2.45, 2.75) is 65.3 Å². The molecule has 74 valence electrons. The zero-order valence-electron chi connectivity index (χ0n) is 9.24. The van der Waals surface area contributed by atoms with E-state index in [0.29, 0.717) is 5.54 Å². The minimum atomic E-state index is 0.383. The molecule has 12 heavy (non-hydrogen) atoms. The maximum absolute atomic E-state index is 3.63. The average Bonchev–Trinajstić information content (AvgIpc) is 2.12. The van der Waals surface area contributed by atoms with Crippen LogP contribution in [0.4, 0.5) is 0 Å². The van der Waals surface area contributed by atoms with Gasteiger partial charge in [0.2, 0.25) is 0 Å². The molecule has 1 heteroatoms. The van der Waals surface area contributed by atoms with E-state index in [2.05, 4.69) is 33.0 Å². The molecule has 0 amide bonds. The molecule has 0 spiro atoms. The summed E-state index contributed by atoms with van der Waals surface area (Å²) in [6, 6.07) is 0. The third-order valence-electron chi connectivity index (χ3n) is 2.89. The molecular formula is C11H25N. The summed E-state index contributed by atoms with van der Waals surface area (Å²) in [6.45, 7) is 10.3. The molecule has 0 atom stereocenters. The van der Waals surface area contributed by atoms with E-state index in [1.165, 1.54) is 38.6 Å². The molecule has 0 aromatic rings. The van der Waals surface area contributed by atoms with E-state index in [1.807, 2.05) is 0 Å². The number of unbranched alkanes of at least 4 members (excludes halogenated alkanes) is 2. The summed E-state index contributed by atoms with van der Waals surface area (Å²) in [4.78, 5) is 0. The van der Waals surface area contributed by atoms with Crippen molar-refractivity contribution in [1.29, 1.82) is 0 Å². The lowest BCUT2D eigenvalue weighted by Gasteiger charge is -2.28. The summed E-state index contributed by atoms with van der Waals surface area (Å²) >= 11 is 0. The molecule has 0 unspecified atom stereocenters. The Kier molecular flexibility index (Phi) is 6.45. The minimum absolute atomic E-state index is 0.383. The van der Waals surface area contributed by atoms with Crippen LogP contribution in [0.25, 0.3) is 0 Å². The second kappa shape index (κ2) is 6.47. The number of rotatable bonds is 7. The van der Waals surface area contributed by atoms with Gasteiger partial charge in [-0.05, 0) is 32.7 Å². The van der Waals surface area contributed by atoms with E-state index in [0.717, 1.165) is 0 Å². The Bertz CT molecular complexity index is 95.2. The van der Waals surface area contributed by atoms with Crippen LogP contribution in [0.15, 0.2) is 0 Å². The van der Waals surface area contributed by atoms with Crippen LogP contribution in [0.1, 0.15) is 59.8 Å². The van der Waals surface area contributed by atoms with Crippen LogP contribution in [0, 0.1) is 0 Å². The van der Waals surface area contributed by atoms with Crippen LogP contribution in [-0.2, 0) is 0 Å². The van der Waals surface area contributed by atoms with Crippen molar-refractivity contribution in [2.75, 3.05) is 6.54 Å². The van der Waals surface area contributed by atoms with Crippen LogP contribution < -0.4 is 5.32 Å². The van der Waals surface area contributed by atoms with Crippen molar-refractivity contribution in [3.8, 4) is 0 Å². The lowest BCUT2D eigenvalue weighted by atomic mass is 9.95. The van der Waals surface area contributed by atoms with E-state index in [-0.39, 0.29) is 0 Å². The van der Waals surface area contributed by atoms with E-state index >= 15 is 0 Å². The summed E-state index contributed by atoms with van der Waals surface area (Å²) in [5, 5.41) is 3.63. The fourth-order valence-corrected chi connectivity index (χ4v) is 1.27. The van der Waals surface area contributed by atoms with Crippen molar-refractivity contribution >= 4 is 0 Å². The fourth-order valence-electron chi connectivity index (χ4n) is 1.27. The lowest BCUT2D eigenvalue weighted by Crippen LogP contribution is -2.41. The molecule has 0 aliphatic rings. The molecule has 0 aliphatic heterocycles. The maximum atomic E-state index is 3.63. The fraction of sp³-hybridized carbons (Fsp3) is 1.00. The molecule has 0 bridgehead atoms. The molecule has 0 rings (SSSR count). The van der Waals surface area contributed by atoms with E-state index < -0.39 is 0 Å². The quantitative estimate of drug-likeness (QED) is 0.579. The summed E-state index contributed by atoms with van der Waals surface area (Å²) in [5.74, 6) is 0. The van der Waals surface area contributed by atoms with Crippen LogP contribution in [0.5, 0.6) is 0 Å². The summed E-state index contributed by atoms with van der Waals surface area (Å²) < 4.78 is 0. The molecule has 1 N–H and O–H groups in total. The Balaban J connectivity index is 3.45. The van der Waals surface area contributed by atoms with Crippen LogP contribution in [0.3, 0.4) is 0 Å². The smallest absolute Gasteiger partial charge is 0.0148 e. The molecule has 0 aromatic heterocycles. The van der Waals surface area contributed by atoms with Gasteiger partial charge in [-0.2, -0.15) is 0 Å². The first kappa shape index (κ1) is 12.0. The van der Waals surface area contributed by atoms with Gasteiger partial charge in [0.15, 0.2) is 0 Å². The molecule has 0 radical (unpaired) electrons.